The van der Waals surface area contributed by atoms with Gasteiger partial charge in [0.05, 0.1) is 34.4 Å². The van der Waals surface area contributed by atoms with Crippen molar-refractivity contribution in [1.29, 1.82) is 0 Å². The Morgan fingerprint density at radius 3 is 1.46 bits per heavy atom. The molecule has 1 N–H and O–H groups in total. The van der Waals surface area contributed by atoms with Gasteiger partial charge in [0.15, 0.2) is 6.10 Å². The molecule has 0 aromatic carbocycles. The van der Waals surface area contributed by atoms with Crippen LogP contribution in [-0.2, 0) is 33.3 Å². The first-order chi connectivity index (χ1) is 29.6. The fourth-order valence-corrected chi connectivity index (χ4v) is 5.97. The van der Waals surface area contributed by atoms with Gasteiger partial charge in [-0.2, -0.15) is 0 Å². The monoisotopic (exact) mass is 855 g/mol. The number of allylic oxidation sites excluding steroid dienone is 14. The van der Waals surface area contributed by atoms with Gasteiger partial charge in [0, 0.05) is 12.8 Å². The first kappa shape index (κ1) is 57.5. The van der Waals surface area contributed by atoms with Crippen LogP contribution in [0.4, 0.5) is 0 Å². The number of carboxylic acid groups (broad SMARTS) is 1. The Bertz CT molecular complexity index is 1270. The highest BCUT2D eigenvalue weighted by molar-refractivity contribution is 5.71. The molecule has 0 aliphatic carbocycles. The van der Waals surface area contributed by atoms with E-state index in [2.05, 4.69) is 86.8 Å². The zero-order valence-electron chi connectivity index (χ0n) is 39.3. The molecule has 0 amide bonds. The summed E-state index contributed by atoms with van der Waals surface area (Å²) in [6.07, 6.45) is 52.4. The molecule has 0 aromatic heterocycles. The lowest BCUT2D eigenvalue weighted by molar-refractivity contribution is -0.870. The van der Waals surface area contributed by atoms with E-state index in [1.54, 1.807) is 0 Å². The molecule has 0 fully saturated rings. The standard InChI is InChI=1S/C52H87NO8/c1-6-8-10-12-14-16-18-20-21-22-23-24-25-26-27-28-29-31-32-34-36-38-40-42-49(54)59-46-48(47-60-52(51(56)57)58-45-44-53(3,4)5)61-50(55)43-41-39-37-35-33-30-19-17-15-13-11-9-7-2/h9,11,15,17-18,20,22-23,25-26,30,33,37,39,48,52H,6-8,10,12-14,16,19,21,24,27-29,31-32,34-36,38,40-47H2,1-5H3/p+1/b11-9-,17-15-,20-18-,23-22-,26-25-,33-30-,39-37-. The summed E-state index contributed by atoms with van der Waals surface area (Å²) in [5.41, 5.74) is 0. The molecule has 0 bridgehead atoms. The molecule has 0 saturated heterocycles. The Morgan fingerprint density at radius 1 is 0.508 bits per heavy atom. The summed E-state index contributed by atoms with van der Waals surface area (Å²) in [6.45, 7) is 4.63. The minimum absolute atomic E-state index is 0.133. The van der Waals surface area contributed by atoms with Gasteiger partial charge in [-0.15, -0.1) is 0 Å². The predicted octanol–water partition coefficient (Wildman–Crippen LogP) is 12.9. The van der Waals surface area contributed by atoms with Gasteiger partial charge in [-0.3, -0.25) is 9.59 Å². The molecule has 61 heavy (non-hydrogen) atoms. The quantitative estimate of drug-likeness (QED) is 0.0213. The van der Waals surface area contributed by atoms with Crippen LogP contribution in [0.25, 0.3) is 0 Å². The third kappa shape index (κ3) is 44.3. The summed E-state index contributed by atoms with van der Waals surface area (Å²) < 4.78 is 22.6. The van der Waals surface area contributed by atoms with Crippen molar-refractivity contribution in [2.75, 3.05) is 47.5 Å². The Morgan fingerprint density at radius 2 is 0.967 bits per heavy atom. The molecule has 0 spiro atoms. The molecule has 0 heterocycles. The molecule has 9 nitrogen and oxygen atoms in total. The molecule has 0 radical (unpaired) electrons. The second-order valence-electron chi connectivity index (χ2n) is 16.7. The summed E-state index contributed by atoms with van der Waals surface area (Å²) in [5.74, 6) is -2.14. The van der Waals surface area contributed by atoms with Crippen molar-refractivity contribution in [1.82, 2.24) is 0 Å². The van der Waals surface area contributed by atoms with Crippen LogP contribution in [0.3, 0.4) is 0 Å². The summed E-state index contributed by atoms with van der Waals surface area (Å²) >= 11 is 0. The maximum Gasteiger partial charge on any atom is 0.361 e. The number of carbonyl (C=O) groups is 3. The Balaban J connectivity index is 4.42. The number of nitrogens with zero attached hydrogens (tertiary/aromatic N) is 1. The zero-order chi connectivity index (χ0) is 44.9. The largest absolute Gasteiger partial charge is 0.477 e. The first-order valence-electron chi connectivity index (χ1n) is 23.8. The topological polar surface area (TPSA) is 108 Å². The van der Waals surface area contributed by atoms with E-state index in [1.807, 2.05) is 33.3 Å². The molecule has 0 rings (SSSR count). The summed E-state index contributed by atoms with van der Waals surface area (Å²) in [5, 5.41) is 9.63. The lowest BCUT2D eigenvalue weighted by atomic mass is 10.1. The third-order valence-electron chi connectivity index (χ3n) is 9.65. The van der Waals surface area contributed by atoms with Gasteiger partial charge in [-0.1, -0.05) is 163 Å². The van der Waals surface area contributed by atoms with Crippen LogP contribution < -0.4 is 0 Å². The number of hydrogen-bond acceptors (Lipinski definition) is 7. The van der Waals surface area contributed by atoms with Gasteiger partial charge in [0.1, 0.15) is 13.2 Å². The van der Waals surface area contributed by atoms with Gasteiger partial charge in [0.25, 0.3) is 6.29 Å². The molecule has 0 saturated carbocycles. The van der Waals surface area contributed by atoms with E-state index in [0.29, 0.717) is 17.4 Å². The molecule has 9 heteroatoms. The van der Waals surface area contributed by atoms with Crippen LogP contribution in [0.1, 0.15) is 168 Å². The lowest BCUT2D eigenvalue weighted by Gasteiger charge is -2.25. The van der Waals surface area contributed by atoms with Crippen molar-refractivity contribution < 1.29 is 42.9 Å². The summed E-state index contributed by atoms with van der Waals surface area (Å²) in [6, 6.07) is 0. The van der Waals surface area contributed by atoms with Crippen LogP contribution in [0.15, 0.2) is 85.1 Å². The number of carboxylic acids is 1. The van der Waals surface area contributed by atoms with Gasteiger partial charge in [-0.05, 0) is 77.0 Å². The number of rotatable bonds is 42. The van der Waals surface area contributed by atoms with Gasteiger partial charge >= 0.3 is 17.9 Å². The summed E-state index contributed by atoms with van der Waals surface area (Å²) in [4.78, 5) is 37.1. The number of carbonyl (C=O) groups excluding carboxylic acids is 2. The van der Waals surface area contributed by atoms with Crippen molar-refractivity contribution in [3.05, 3.63) is 85.1 Å². The highest BCUT2D eigenvalue weighted by atomic mass is 16.7. The number of likely N-dealkylation sites (N-methyl/N-ethyl adjacent to an activating group) is 1. The average Bonchev–Trinajstić information content (AvgIpc) is 3.22. The van der Waals surface area contributed by atoms with Crippen LogP contribution in [0.2, 0.25) is 0 Å². The minimum atomic E-state index is -1.53. The minimum Gasteiger partial charge on any atom is -0.477 e. The SMILES string of the molecule is CC/C=C\C/C=C\C/C=C\C/C=C\CCC(=O)OC(COC(=O)CCCCCCCCCC/C=C\C/C=C\C/C=C\CCCCCCC)COC(OCC[N+](C)(C)C)C(=O)O. The molecule has 0 aromatic rings. The van der Waals surface area contributed by atoms with E-state index < -0.39 is 24.3 Å². The van der Waals surface area contributed by atoms with Crippen LogP contribution >= 0.6 is 0 Å². The molecule has 0 aliphatic heterocycles. The second kappa shape index (κ2) is 43.1. The van der Waals surface area contributed by atoms with Gasteiger partial charge < -0.3 is 28.5 Å². The molecule has 348 valence electrons. The number of unbranched alkanes of at least 4 members (excludes halogenated alkanes) is 13. The Labute approximate surface area is 372 Å². The van der Waals surface area contributed by atoms with Crippen molar-refractivity contribution in [3.8, 4) is 0 Å². The molecular formula is C52H88NO8+. The first-order valence-corrected chi connectivity index (χ1v) is 23.8. The molecular weight excluding hydrogens is 767 g/mol. The third-order valence-corrected chi connectivity index (χ3v) is 9.65. The van der Waals surface area contributed by atoms with Gasteiger partial charge in [-0.25, -0.2) is 4.79 Å². The number of ether oxygens (including phenoxy) is 4. The maximum absolute atomic E-state index is 12.7. The van der Waals surface area contributed by atoms with E-state index in [0.717, 1.165) is 70.6 Å². The number of aliphatic carboxylic acids is 1. The highest BCUT2D eigenvalue weighted by Crippen LogP contribution is 2.13. The van der Waals surface area contributed by atoms with Crippen molar-refractivity contribution in [2.24, 2.45) is 0 Å². The van der Waals surface area contributed by atoms with Crippen LogP contribution in [0.5, 0.6) is 0 Å². The average molecular weight is 855 g/mol. The van der Waals surface area contributed by atoms with E-state index in [9.17, 15) is 19.5 Å². The smallest absolute Gasteiger partial charge is 0.361 e. The second-order valence-corrected chi connectivity index (χ2v) is 16.7. The maximum atomic E-state index is 12.7. The molecule has 0 aliphatic rings. The number of esters is 2. The zero-order valence-corrected chi connectivity index (χ0v) is 39.3. The van der Waals surface area contributed by atoms with E-state index in [1.165, 1.54) is 64.2 Å². The normalized spacial score (nSPS) is 13.7. The fourth-order valence-electron chi connectivity index (χ4n) is 5.97. The van der Waals surface area contributed by atoms with Crippen molar-refractivity contribution in [3.63, 3.8) is 0 Å². The Kier molecular flexibility index (Phi) is 40.6. The number of quaternary nitrogens is 1. The lowest BCUT2D eigenvalue weighted by Crippen LogP contribution is -2.40. The Hall–Kier alpha value is -3.53. The number of hydrogen-bond donors (Lipinski definition) is 1. The van der Waals surface area contributed by atoms with Crippen molar-refractivity contribution in [2.45, 2.75) is 180 Å². The molecule has 2 unspecified atom stereocenters. The summed E-state index contributed by atoms with van der Waals surface area (Å²) in [7, 11) is 5.92. The van der Waals surface area contributed by atoms with E-state index in [4.69, 9.17) is 18.9 Å². The van der Waals surface area contributed by atoms with Crippen LogP contribution in [0, 0.1) is 0 Å². The fraction of sp³-hybridized carbons (Fsp3) is 0.673. The molecule has 2 atom stereocenters. The van der Waals surface area contributed by atoms with Crippen LogP contribution in [-0.4, -0.2) is 87.4 Å². The highest BCUT2D eigenvalue weighted by Gasteiger charge is 2.25. The van der Waals surface area contributed by atoms with E-state index >= 15 is 0 Å². The predicted molar refractivity (Wildman–Crippen MR) is 253 cm³/mol. The van der Waals surface area contributed by atoms with Gasteiger partial charge in [0.2, 0.25) is 0 Å². The van der Waals surface area contributed by atoms with E-state index in [-0.39, 0.29) is 38.6 Å². The van der Waals surface area contributed by atoms with Crippen molar-refractivity contribution >= 4 is 17.9 Å².